The Labute approximate surface area is 128 Å². The number of nitro groups is 1. The van der Waals surface area contributed by atoms with Crippen molar-refractivity contribution in [2.45, 2.75) is 33.3 Å². The molecule has 1 amide bonds. The molecule has 0 saturated heterocycles. The summed E-state index contributed by atoms with van der Waals surface area (Å²) in [5, 5.41) is 22.7. The van der Waals surface area contributed by atoms with Gasteiger partial charge in [0.1, 0.15) is 5.02 Å². The standard InChI is InChI=1S/C14H19ClN2O4/c1-9(18)7-14(2,3)8-16-13(19)10-4-5-12(17(20)21)11(15)6-10/h4-6,9,18H,7-8H2,1-3H3,(H,16,19). The van der Waals surface area contributed by atoms with Crippen LogP contribution < -0.4 is 5.32 Å². The van der Waals surface area contributed by atoms with Crippen molar-refractivity contribution in [1.29, 1.82) is 0 Å². The van der Waals surface area contributed by atoms with Gasteiger partial charge in [0.25, 0.3) is 11.6 Å². The molecule has 1 aromatic rings. The molecule has 0 aromatic heterocycles. The summed E-state index contributed by atoms with van der Waals surface area (Å²) < 4.78 is 0. The molecule has 0 aliphatic carbocycles. The summed E-state index contributed by atoms with van der Waals surface area (Å²) in [5.41, 5.74) is -0.227. The zero-order chi connectivity index (χ0) is 16.2. The largest absolute Gasteiger partial charge is 0.393 e. The molecular weight excluding hydrogens is 296 g/mol. The Balaban J connectivity index is 2.73. The molecule has 1 unspecified atom stereocenters. The van der Waals surface area contributed by atoms with Gasteiger partial charge in [0, 0.05) is 18.2 Å². The number of hydrogen-bond acceptors (Lipinski definition) is 4. The van der Waals surface area contributed by atoms with E-state index >= 15 is 0 Å². The van der Waals surface area contributed by atoms with Crippen LogP contribution in [0.15, 0.2) is 18.2 Å². The molecule has 2 N–H and O–H groups in total. The SMILES string of the molecule is CC(O)CC(C)(C)CNC(=O)c1ccc([N+](=O)[O-])c(Cl)c1. The monoisotopic (exact) mass is 314 g/mol. The van der Waals surface area contributed by atoms with Crippen LogP contribution in [0.1, 0.15) is 37.6 Å². The van der Waals surface area contributed by atoms with Gasteiger partial charge in [0.05, 0.1) is 11.0 Å². The Morgan fingerprint density at radius 1 is 1.52 bits per heavy atom. The highest BCUT2D eigenvalue weighted by atomic mass is 35.5. The number of rotatable bonds is 6. The summed E-state index contributed by atoms with van der Waals surface area (Å²) in [5.74, 6) is -0.356. The minimum absolute atomic E-state index is 0.0732. The number of hydrogen-bond donors (Lipinski definition) is 2. The van der Waals surface area contributed by atoms with Crippen LogP contribution in [0.25, 0.3) is 0 Å². The highest BCUT2D eigenvalue weighted by Gasteiger charge is 2.22. The molecule has 116 valence electrons. The molecule has 0 heterocycles. The maximum Gasteiger partial charge on any atom is 0.287 e. The molecular formula is C14H19ClN2O4. The lowest BCUT2D eigenvalue weighted by atomic mass is 9.87. The molecule has 1 atom stereocenters. The number of aliphatic hydroxyl groups excluding tert-OH is 1. The van der Waals surface area contributed by atoms with Gasteiger partial charge in [-0.3, -0.25) is 14.9 Å². The number of carbonyl (C=O) groups is 1. The van der Waals surface area contributed by atoms with E-state index in [1.807, 2.05) is 13.8 Å². The van der Waals surface area contributed by atoms with Crippen molar-refractivity contribution in [1.82, 2.24) is 5.32 Å². The number of nitro benzene ring substituents is 1. The first kappa shape index (κ1) is 17.4. The van der Waals surface area contributed by atoms with Crippen LogP contribution in [0.2, 0.25) is 5.02 Å². The normalized spacial score (nSPS) is 12.8. The van der Waals surface area contributed by atoms with Gasteiger partial charge in [-0.15, -0.1) is 0 Å². The van der Waals surface area contributed by atoms with Gasteiger partial charge in [-0.1, -0.05) is 25.4 Å². The molecule has 7 heteroatoms. The Morgan fingerprint density at radius 2 is 2.14 bits per heavy atom. The van der Waals surface area contributed by atoms with Crippen molar-refractivity contribution in [3.05, 3.63) is 38.9 Å². The average molecular weight is 315 g/mol. The van der Waals surface area contributed by atoms with E-state index in [-0.39, 0.29) is 27.6 Å². The van der Waals surface area contributed by atoms with Crippen LogP contribution >= 0.6 is 11.6 Å². The van der Waals surface area contributed by atoms with E-state index in [0.717, 1.165) is 0 Å². The molecule has 0 spiro atoms. The second-order valence-corrected chi connectivity index (χ2v) is 6.23. The molecule has 1 aromatic carbocycles. The fourth-order valence-corrected chi connectivity index (χ4v) is 2.34. The van der Waals surface area contributed by atoms with Crippen molar-refractivity contribution < 1.29 is 14.8 Å². The van der Waals surface area contributed by atoms with Gasteiger partial charge >= 0.3 is 0 Å². The average Bonchev–Trinajstić information content (AvgIpc) is 2.33. The zero-order valence-corrected chi connectivity index (χ0v) is 13.0. The minimum Gasteiger partial charge on any atom is -0.393 e. The summed E-state index contributed by atoms with van der Waals surface area (Å²) in [4.78, 5) is 22.1. The molecule has 1 rings (SSSR count). The third-order valence-electron chi connectivity index (χ3n) is 2.98. The quantitative estimate of drug-likeness (QED) is 0.623. The zero-order valence-electron chi connectivity index (χ0n) is 12.2. The fraction of sp³-hybridized carbons (Fsp3) is 0.500. The maximum atomic E-state index is 12.0. The molecule has 0 aliphatic rings. The molecule has 0 saturated carbocycles. The molecule has 0 aliphatic heterocycles. The number of nitrogens with zero attached hydrogens (tertiary/aromatic N) is 1. The molecule has 6 nitrogen and oxygen atoms in total. The van der Waals surface area contributed by atoms with E-state index in [9.17, 15) is 20.0 Å². The van der Waals surface area contributed by atoms with Gasteiger partial charge < -0.3 is 10.4 Å². The first-order valence-corrected chi connectivity index (χ1v) is 6.90. The van der Waals surface area contributed by atoms with E-state index in [1.54, 1.807) is 6.92 Å². The van der Waals surface area contributed by atoms with Crippen LogP contribution in [-0.4, -0.2) is 28.6 Å². The smallest absolute Gasteiger partial charge is 0.287 e. The first-order chi connectivity index (χ1) is 9.62. The minimum atomic E-state index is -0.601. The topological polar surface area (TPSA) is 92.5 Å². The summed E-state index contributed by atoms with van der Waals surface area (Å²) in [6.07, 6.45) is 0.0969. The number of benzene rings is 1. The molecule has 21 heavy (non-hydrogen) atoms. The molecule has 0 bridgehead atoms. The van der Waals surface area contributed by atoms with E-state index in [2.05, 4.69) is 5.32 Å². The van der Waals surface area contributed by atoms with Crippen molar-refractivity contribution in [2.75, 3.05) is 6.54 Å². The first-order valence-electron chi connectivity index (χ1n) is 6.52. The van der Waals surface area contributed by atoms with Crippen LogP contribution in [0, 0.1) is 15.5 Å². The van der Waals surface area contributed by atoms with Gasteiger partial charge in [0.15, 0.2) is 0 Å². The van der Waals surface area contributed by atoms with Crippen molar-refractivity contribution in [3.63, 3.8) is 0 Å². The summed E-state index contributed by atoms with van der Waals surface area (Å²) in [6, 6.07) is 3.84. The summed E-state index contributed by atoms with van der Waals surface area (Å²) in [7, 11) is 0. The van der Waals surface area contributed by atoms with Crippen molar-refractivity contribution >= 4 is 23.2 Å². The highest BCUT2D eigenvalue weighted by molar-refractivity contribution is 6.33. The van der Waals surface area contributed by atoms with E-state index in [0.29, 0.717) is 13.0 Å². The van der Waals surface area contributed by atoms with E-state index in [4.69, 9.17) is 11.6 Å². The second-order valence-electron chi connectivity index (χ2n) is 5.82. The highest BCUT2D eigenvalue weighted by Crippen LogP contribution is 2.25. The van der Waals surface area contributed by atoms with Crippen LogP contribution in [0.4, 0.5) is 5.69 Å². The number of carbonyl (C=O) groups excluding carboxylic acids is 1. The summed E-state index contributed by atoms with van der Waals surface area (Å²) in [6.45, 7) is 5.94. The Morgan fingerprint density at radius 3 is 2.62 bits per heavy atom. The lowest BCUT2D eigenvalue weighted by molar-refractivity contribution is -0.384. The number of halogens is 1. The van der Waals surface area contributed by atoms with Gasteiger partial charge in [-0.25, -0.2) is 0 Å². The number of nitrogens with one attached hydrogen (secondary N) is 1. The lowest BCUT2D eigenvalue weighted by Crippen LogP contribution is -2.35. The maximum absolute atomic E-state index is 12.0. The summed E-state index contributed by atoms with van der Waals surface area (Å²) >= 11 is 5.77. The van der Waals surface area contributed by atoms with E-state index in [1.165, 1.54) is 18.2 Å². The molecule has 0 fully saturated rings. The molecule has 0 radical (unpaired) electrons. The van der Waals surface area contributed by atoms with Crippen molar-refractivity contribution in [2.24, 2.45) is 5.41 Å². The van der Waals surface area contributed by atoms with Gasteiger partial charge in [-0.05, 0) is 30.9 Å². The van der Waals surface area contributed by atoms with Crippen LogP contribution in [-0.2, 0) is 0 Å². The number of amides is 1. The second kappa shape index (κ2) is 6.87. The Kier molecular flexibility index (Phi) is 5.69. The Hall–Kier alpha value is -1.66. The predicted octanol–water partition coefficient (Wildman–Crippen LogP) is 2.78. The van der Waals surface area contributed by atoms with Crippen LogP contribution in [0.3, 0.4) is 0 Å². The van der Waals surface area contributed by atoms with Gasteiger partial charge in [-0.2, -0.15) is 0 Å². The van der Waals surface area contributed by atoms with Gasteiger partial charge in [0.2, 0.25) is 0 Å². The lowest BCUT2D eigenvalue weighted by Gasteiger charge is -2.26. The Bertz CT molecular complexity index is 544. The third kappa shape index (κ3) is 5.32. The van der Waals surface area contributed by atoms with Crippen LogP contribution in [0.5, 0.6) is 0 Å². The van der Waals surface area contributed by atoms with E-state index < -0.39 is 11.0 Å². The third-order valence-corrected chi connectivity index (χ3v) is 3.28. The van der Waals surface area contributed by atoms with Crippen molar-refractivity contribution in [3.8, 4) is 0 Å². The fourth-order valence-electron chi connectivity index (χ4n) is 2.09. The number of aliphatic hydroxyl groups is 1. The predicted molar refractivity (Wildman–Crippen MR) is 80.5 cm³/mol.